The van der Waals surface area contributed by atoms with Crippen molar-refractivity contribution in [1.82, 2.24) is 15.1 Å². The summed E-state index contributed by atoms with van der Waals surface area (Å²) in [6, 6.07) is 1.81. The molecule has 0 saturated heterocycles. The van der Waals surface area contributed by atoms with Crippen LogP contribution in [0.4, 0.5) is 0 Å². The van der Waals surface area contributed by atoms with Gasteiger partial charge in [-0.1, -0.05) is 26.2 Å². The first-order chi connectivity index (χ1) is 7.65. The maximum absolute atomic E-state index is 11.7. The Morgan fingerprint density at radius 3 is 2.75 bits per heavy atom. The molecule has 1 aromatic heterocycles. The van der Waals surface area contributed by atoms with Gasteiger partial charge in [-0.15, -0.1) is 0 Å². The van der Waals surface area contributed by atoms with Gasteiger partial charge in [0.05, 0.1) is 5.69 Å². The second kappa shape index (κ2) is 6.30. The van der Waals surface area contributed by atoms with Gasteiger partial charge in [-0.2, -0.15) is 5.10 Å². The number of aromatic nitrogens is 2. The lowest BCUT2D eigenvalue weighted by Gasteiger charge is -2.04. The first-order valence-electron chi connectivity index (χ1n) is 5.94. The van der Waals surface area contributed by atoms with Crippen LogP contribution in [0.1, 0.15) is 48.8 Å². The molecule has 0 radical (unpaired) electrons. The summed E-state index contributed by atoms with van der Waals surface area (Å²) >= 11 is 0. The van der Waals surface area contributed by atoms with Crippen molar-refractivity contribution >= 4 is 5.91 Å². The molecular formula is C12H21N3O. The Morgan fingerprint density at radius 2 is 2.19 bits per heavy atom. The standard InChI is InChI=1S/C12H21N3O/c1-4-5-6-7-8-13-12(16)11-9-10(2)14-15(11)3/h9H,4-8H2,1-3H3,(H,13,16). The third-order valence-electron chi connectivity index (χ3n) is 2.55. The summed E-state index contributed by atoms with van der Waals surface area (Å²) in [7, 11) is 1.79. The Hall–Kier alpha value is -1.32. The molecule has 90 valence electrons. The third kappa shape index (κ3) is 3.68. The van der Waals surface area contributed by atoms with Gasteiger partial charge in [0.2, 0.25) is 0 Å². The predicted octanol–water partition coefficient (Wildman–Crippen LogP) is 2.04. The monoisotopic (exact) mass is 223 g/mol. The molecule has 0 aromatic carbocycles. The van der Waals surface area contributed by atoms with Crippen molar-refractivity contribution in [2.45, 2.75) is 39.5 Å². The number of nitrogens with one attached hydrogen (secondary N) is 1. The summed E-state index contributed by atoms with van der Waals surface area (Å²) in [6.45, 7) is 4.82. The lowest BCUT2D eigenvalue weighted by molar-refractivity contribution is 0.0943. The lowest BCUT2D eigenvalue weighted by atomic mass is 10.2. The molecule has 1 N–H and O–H groups in total. The van der Waals surface area contributed by atoms with Crippen LogP contribution in [-0.2, 0) is 7.05 Å². The molecule has 0 aliphatic rings. The van der Waals surface area contributed by atoms with E-state index in [4.69, 9.17) is 0 Å². The Morgan fingerprint density at radius 1 is 1.44 bits per heavy atom. The van der Waals surface area contributed by atoms with Crippen LogP contribution in [0.5, 0.6) is 0 Å². The zero-order chi connectivity index (χ0) is 12.0. The highest BCUT2D eigenvalue weighted by Gasteiger charge is 2.10. The molecule has 16 heavy (non-hydrogen) atoms. The Labute approximate surface area is 97.0 Å². The summed E-state index contributed by atoms with van der Waals surface area (Å²) in [4.78, 5) is 11.7. The highest BCUT2D eigenvalue weighted by atomic mass is 16.2. The van der Waals surface area contributed by atoms with Crippen molar-refractivity contribution in [3.63, 3.8) is 0 Å². The molecule has 0 bridgehead atoms. The minimum absolute atomic E-state index is 0.0281. The minimum Gasteiger partial charge on any atom is -0.351 e. The number of rotatable bonds is 6. The number of unbranched alkanes of at least 4 members (excludes halogenated alkanes) is 3. The van der Waals surface area contributed by atoms with Crippen LogP contribution < -0.4 is 5.32 Å². The van der Waals surface area contributed by atoms with E-state index in [1.54, 1.807) is 17.8 Å². The average molecular weight is 223 g/mol. The molecule has 0 aliphatic heterocycles. The number of hydrogen-bond donors (Lipinski definition) is 1. The van der Waals surface area contributed by atoms with E-state index in [1.165, 1.54) is 19.3 Å². The quantitative estimate of drug-likeness (QED) is 0.750. The van der Waals surface area contributed by atoms with Gasteiger partial charge in [-0.05, 0) is 19.4 Å². The first-order valence-corrected chi connectivity index (χ1v) is 5.94. The maximum atomic E-state index is 11.7. The van der Waals surface area contributed by atoms with Gasteiger partial charge in [-0.25, -0.2) is 0 Å². The molecule has 0 atom stereocenters. The number of hydrogen-bond acceptors (Lipinski definition) is 2. The minimum atomic E-state index is -0.0281. The summed E-state index contributed by atoms with van der Waals surface area (Å²) in [6.07, 6.45) is 4.69. The van der Waals surface area contributed by atoms with E-state index in [9.17, 15) is 4.79 Å². The largest absolute Gasteiger partial charge is 0.351 e. The van der Waals surface area contributed by atoms with Crippen molar-refractivity contribution in [3.8, 4) is 0 Å². The summed E-state index contributed by atoms with van der Waals surface area (Å²) < 4.78 is 1.62. The molecule has 4 heteroatoms. The molecule has 0 spiro atoms. The van der Waals surface area contributed by atoms with Crippen LogP contribution in [-0.4, -0.2) is 22.2 Å². The fourth-order valence-corrected chi connectivity index (χ4v) is 1.67. The first kappa shape index (κ1) is 12.7. The molecule has 1 amide bonds. The van der Waals surface area contributed by atoms with Crippen LogP contribution in [0.2, 0.25) is 0 Å². The molecular weight excluding hydrogens is 202 g/mol. The third-order valence-corrected chi connectivity index (χ3v) is 2.55. The SMILES string of the molecule is CCCCCCNC(=O)c1cc(C)nn1C. The molecule has 1 heterocycles. The molecule has 1 rings (SSSR count). The van der Waals surface area contributed by atoms with E-state index in [0.717, 1.165) is 18.7 Å². The number of nitrogens with zero attached hydrogens (tertiary/aromatic N) is 2. The number of aryl methyl sites for hydroxylation is 2. The molecule has 0 unspecified atom stereocenters. The number of carbonyl (C=O) groups excluding carboxylic acids is 1. The van der Waals surface area contributed by atoms with Crippen LogP contribution in [0.25, 0.3) is 0 Å². The van der Waals surface area contributed by atoms with E-state index in [2.05, 4.69) is 17.3 Å². The molecule has 1 aromatic rings. The van der Waals surface area contributed by atoms with Gasteiger partial charge in [0.25, 0.3) is 5.91 Å². The molecule has 0 aliphatic carbocycles. The van der Waals surface area contributed by atoms with Gasteiger partial charge < -0.3 is 5.32 Å². The predicted molar refractivity (Wildman–Crippen MR) is 64.4 cm³/mol. The topological polar surface area (TPSA) is 46.9 Å². The summed E-state index contributed by atoms with van der Waals surface area (Å²) in [5.74, 6) is -0.0281. The van der Waals surface area contributed by atoms with Crippen molar-refractivity contribution in [2.24, 2.45) is 7.05 Å². The van der Waals surface area contributed by atoms with E-state index < -0.39 is 0 Å². The van der Waals surface area contributed by atoms with Crippen molar-refractivity contribution in [3.05, 3.63) is 17.5 Å². The van der Waals surface area contributed by atoms with Crippen LogP contribution in [0.15, 0.2) is 6.07 Å². The van der Waals surface area contributed by atoms with Crippen molar-refractivity contribution in [2.75, 3.05) is 6.54 Å². The van der Waals surface area contributed by atoms with Crippen LogP contribution in [0, 0.1) is 6.92 Å². The van der Waals surface area contributed by atoms with Gasteiger partial charge in [0.1, 0.15) is 5.69 Å². The van der Waals surface area contributed by atoms with E-state index in [0.29, 0.717) is 5.69 Å². The molecule has 0 fully saturated rings. The fourth-order valence-electron chi connectivity index (χ4n) is 1.67. The lowest BCUT2D eigenvalue weighted by Crippen LogP contribution is -2.26. The Bertz CT molecular complexity index is 344. The van der Waals surface area contributed by atoms with Gasteiger partial charge in [0, 0.05) is 13.6 Å². The smallest absolute Gasteiger partial charge is 0.269 e. The highest BCUT2D eigenvalue weighted by Crippen LogP contribution is 2.02. The Balaban J connectivity index is 2.33. The zero-order valence-electron chi connectivity index (χ0n) is 10.4. The second-order valence-corrected chi connectivity index (χ2v) is 4.11. The van der Waals surface area contributed by atoms with E-state index >= 15 is 0 Å². The van der Waals surface area contributed by atoms with Crippen LogP contribution in [0.3, 0.4) is 0 Å². The summed E-state index contributed by atoms with van der Waals surface area (Å²) in [5.41, 5.74) is 1.51. The highest BCUT2D eigenvalue weighted by molar-refractivity contribution is 5.92. The van der Waals surface area contributed by atoms with Gasteiger partial charge in [0.15, 0.2) is 0 Å². The van der Waals surface area contributed by atoms with Crippen molar-refractivity contribution in [1.29, 1.82) is 0 Å². The van der Waals surface area contributed by atoms with Crippen molar-refractivity contribution < 1.29 is 4.79 Å². The number of carbonyl (C=O) groups is 1. The molecule has 0 saturated carbocycles. The van der Waals surface area contributed by atoms with Gasteiger partial charge in [-0.3, -0.25) is 9.48 Å². The maximum Gasteiger partial charge on any atom is 0.269 e. The van der Waals surface area contributed by atoms with Gasteiger partial charge >= 0.3 is 0 Å². The van der Waals surface area contributed by atoms with E-state index in [-0.39, 0.29) is 5.91 Å². The average Bonchev–Trinajstić information content (AvgIpc) is 2.57. The number of amides is 1. The molecule has 4 nitrogen and oxygen atoms in total. The second-order valence-electron chi connectivity index (χ2n) is 4.11. The van der Waals surface area contributed by atoms with Crippen LogP contribution >= 0.6 is 0 Å². The normalized spacial score (nSPS) is 10.4. The fraction of sp³-hybridized carbons (Fsp3) is 0.667. The Kier molecular flexibility index (Phi) is 5.02. The van der Waals surface area contributed by atoms with E-state index in [1.807, 2.05) is 6.92 Å². The zero-order valence-corrected chi connectivity index (χ0v) is 10.4. The summed E-state index contributed by atoms with van der Waals surface area (Å²) in [5, 5.41) is 7.06.